The lowest BCUT2D eigenvalue weighted by atomic mass is 10.3. The molecule has 1 heterocycles. The van der Waals surface area contributed by atoms with E-state index in [1.807, 2.05) is 25.1 Å². The Labute approximate surface area is 103 Å². The molecule has 1 N–H and O–H groups in total. The molecule has 1 aromatic carbocycles. The summed E-state index contributed by atoms with van der Waals surface area (Å²) in [5, 5.41) is 0. The molecule has 86 valence electrons. The van der Waals surface area contributed by atoms with Crippen LogP contribution in [-0.2, 0) is 0 Å². The van der Waals surface area contributed by atoms with E-state index < -0.39 is 0 Å². The largest absolute Gasteiger partial charge is 0.494 e. The van der Waals surface area contributed by atoms with Gasteiger partial charge >= 0.3 is 0 Å². The van der Waals surface area contributed by atoms with Gasteiger partial charge in [-0.1, -0.05) is 22.9 Å². The lowest BCUT2D eigenvalue weighted by Gasteiger charge is -2.03. The van der Waals surface area contributed by atoms with Crippen molar-refractivity contribution in [1.29, 1.82) is 0 Å². The van der Waals surface area contributed by atoms with Crippen LogP contribution in [0.2, 0.25) is 0 Å². The fraction of sp³-hybridized carbons (Fsp3) is 0.417. The highest BCUT2D eigenvalue weighted by Crippen LogP contribution is 2.24. The van der Waals surface area contributed by atoms with Crippen molar-refractivity contribution in [1.82, 2.24) is 9.97 Å². The number of halogens is 1. The van der Waals surface area contributed by atoms with Gasteiger partial charge in [0.15, 0.2) is 0 Å². The maximum Gasteiger partial charge on any atom is 0.121 e. The molecule has 2 aromatic rings. The highest BCUT2D eigenvalue weighted by atomic mass is 79.9. The molecular weight excluding hydrogens is 268 g/mol. The monoisotopic (exact) mass is 282 g/mol. The van der Waals surface area contributed by atoms with Crippen LogP contribution in [0.3, 0.4) is 0 Å². The second kappa shape index (κ2) is 4.87. The van der Waals surface area contributed by atoms with Crippen molar-refractivity contribution in [2.45, 2.75) is 25.1 Å². The van der Waals surface area contributed by atoms with Gasteiger partial charge in [-0.15, -0.1) is 0 Å². The lowest BCUT2D eigenvalue weighted by molar-refractivity contribution is 0.318. The predicted molar refractivity (Wildman–Crippen MR) is 69.2 cm³/mol. The minimum Gasteiger partial charge on any atom is -0.494 e. The average molecular weight is 283 g/mol. The molecule has 0 fully saturated rings. The summed E-state index contributed by atoms with van der Waals surface area (Å²) >= 11 is 3.50. The summed E-state index contributed by atoms with van der Waals surface area (Å²) in [6.45, 7) is 4.90. The van der Waals surface area contributed by atoms with Crippen LogP contribution >= 0.6 is 15.9 Å². The number of nitrogens with zero attached hydrogens (tertiary/aromatic N) is 1. The summed E-state index contributed by atoms with van der Waals surface area (Å²) in [4.78, 5) is 7.99. The first-order valence-corrected chi connectivity index (χ1v) is 6.39. The molecule has 0 saturated heterocycles. The van der Waals surface area contributed by atoms with Gasteiger partial charge in [0.05, 0.1) is 22.5 Å². The Morgan fingerprint density at radius 2 is 2.31 bits per heavy atom. The summed E-state index contributed by atoms with van der Waals surface area (Å²) in [6.07, 6.45) is 1.02. The topological polar surface area (TPSA) is 37.9 Å². The van der Waals surface area contributed by atoms with Gasteiger partial charge in [-0.05, 0) is 25.5 Å². The zero-order valence-corrected chi connectivity index (χ0v) is 11.0. The Morgan fingerprint density at radius 3 is 3.00 bits per heavy atom. The van der Waals surface area contributed by atoms with Crippen molar-refractivity contribution in [3.63, 3.8) is 0 Å². The Kier molecular flexibility index (Phi) is 3.49. The molecule has 0 amide bonds. The second-order valence-electron chi connectivity index (χ2n) is 3.77. The van der Waals surface area contributed by atoms with Gasteiger partial charge in [-0.25, -0.2) is 4.98 Å². The number of aromatic amines is 1. The molecule has 2 rings (SSSR count). The van der Waals surface area contributed by atoms with Crippen LogP contribution in [0, 0.1) is 0 Å². The molecule has 0 aliphatic carbocycles. The maximum absolute atomic E-state index is 5.57. The zero-order valence-electron chi connectivity index (χ0n) is 9.46. The fourth-order valence-corrected chi connectivity index (χ4v) is 1.72. The zero-order chi connectivity index (χ0) is 11.5. The van der Waals surface area contributed by atoms with E-state index in [0.29, 0.717) is 0 Å². The second-order valence-corrected chi connectivity index (χ2v) is 5.14. The van der Waals surface area contributed by atoms with Gasteiger partial charge in [0.25, 0.3) is 0 Å². The van der Waals surface area contributed by atoms with Gasteiger partial charge in [0.1, 0.15) is 11.6 Å². The number of fused-ring (bicyclic) bond motifs is 1. The number of imidazole rings is 1. The number of ether oxygens (including phenoxy) is 1. The third kappa shape index (κ3) is 2.38. The normalized spacial score (nSPS) is 12.9. The molecule has 3 nitrogen and oxygen atoms in total. The molecular formula is C12H15BrN2O. The van der Waals surface area contributed by atoms with E-state index in [4.69, 9.17) is 4.74 Å². The van der Waals surface area contributed by atoms with E-state index >= 15 is 0 Å². The van der Waals surface area contributed by atoms with Gasteiger partial charge in [0.2, 0.25) is 0 Å². The van der Waals surface area contributed by atoms with E-state index in [2.05, 4.69) is 32.8 Å². The van der Waals surface area contributed by atoms with E-state index in [1.54, 1.807) is 0 Å². The van der Waals surface area contributed by atoms with E-state index in [0.717, 1.165) is 35.6 Å². The van der Waals surface area contributed by atoms with Crippen LogP contribution in [0.15, 0.2) is 18.2 Å². The quantitative estimate of drug-likeness (QED) is 0.866. The predicted octanol–water partition coefficient (Wildman–Crippen LogP) is 3.81. The highest BCUT2D eigenvalue weighted by molar-refractivity contribution is 9.09. The van der Waals surface area contributed by atoms with Gasteiger partial charge in [0, 0.05) is 6.07 Å². The number of benzene rings is 1. The SMILES string of the molecule is CCCOc1ccc2nc(C(C)Br)[nH]c2c1. The van der Waals surface area contributed by atoms with Crippen LogP contribution in [0.25, 0.3) is 11.0 Å². The Hall–Kier alpha value is -1.03. The molecule has 1 atom stereocenters. The number of H-pyrrole nitrogens is 1. The highest BCUT2D eigenvalue weighted by Gasteiger charge is 2.07. The number of alkyl halides is 1. The molecule has 0 radical (unpaired) electrons. The standard InChI is InChI=1S/C12H15BrN2O/c1-3-6-16-9-4-5-10-11(7-9)15-12(14-10)8(2)13/h4-5,7-8H,3,6H2,1-2H3,(H,14,15). The molecule has 0 spiro atoms. The number of hydrogen-bond acceptors (Lipinski definition) is 2. The Bertz CT molecular complexity index is 479. The van der Waals surface area contributed by atoms with Crippen LogP contribution in [0.4, 0.5) is 0 Å². The third-order valence-electron chi connectivity index (χ3n) is 2.32. The molecule has 0 saturated carbocycles. The van der Waals surface area contributed by atoms with E-state index in [9.17, 15) is 0 Å². The van der Waals surface area contributed by atoms with Crippen molar-refractivity contribution >= 4 is 27.0 Å². The maximum atomic E-state index is 5.57. The van der Waals surface area contributed by atoms with Crippen molar-refractivity contribution < 1.29 is 4.74 Å². The van der Waals surface area contributed by atoms with Crippen LogP contribution in [0.1, 0.15) is 30.9 Å². The number of aromatic nitrogens is 2. The number of nitrogens with one attached hydrogen (secondary N) is 1. The van der Waals surface area contributed by atoms with Gasteiger partial charge in [-0.3, -0.25) is 0 Å². The summed E-state index contributed by atoms with van der Waals surface area (Å²) in [7, 11) is 0. The molecule has 16 heavy (non-hydrogen) atoms. The summed E-state index contributed by atoms with van der Waals surface area (Å²) in [5.74, 6) is 1.84. The molecule has 0 aliphatic rings. The smallest absolute Gasteiger partial charge is 0.121 e. The minimum atomic E-state index is 0.236. The molecule has 4 heteroatoms. The van der Waals surface area contributed by atoms with E-state index in [1.165, 1.54) is 0 Å². The van der Waals surface area contributed by atoms with Gasteiger partial charge in [-0.2, -0.15) is 0 Å². The average Bonchev–Trinajstić information content (AvgIpc) is 2.69. The first-order valence-electron chi connectivity index (χ1n) is 5.47. The van der Waals surface area contributed by atoms with E-state index in [-0.39, 0.29) is 4.83 Å². The molecule has 0 aliphatic heterocycles. The minimum absolute atomic E-state index is 0.236. The van der Waals surface area contributed by atoms with Gasteiger partial charge < -0.3 is 9.72 Å². The van der Waals surface area contributed by atoms with Crippen LogP contribution in [-0.4, -0.2) is 16.6 Å². The Balaban J connectivity index is 2.30. The summed E-state index contributed by atoms with van der Waals surface area (Å²) in [5.41, 5.74) is 2.00. The first-order chi connectivity index (χ1) is 7.70. The number of rotatable bonds is 4. The molecule has 1 unspecified atom stereocenters. The lowest BCUT2D eigenvalue weighted by Crippen LogP contribution is -1.94. The van der Waals surface area contributed by atoms with Crippen molar-refractivity contribution in [2.24, 2.45) is 0 Å². The first kappa shape index (κ1) is 11.5. The molecule has 0 bridgehead atoms. The number of hydrogen-bond donors (Lipinski definition) is 1. The Morgan fingerprint density at radius 1 is 1.50 bits per heavy atom. The third-order valence-corrected chi connectivity index (χ3v) is 2.75. The van der Waals surface area contributed by atoms with Crippen molar-refractivity contribution in [2.75, 3.05) is 6.61 Å². The van der Waals surface area contributed by atoms with Crippen LogP contribution in [0.5, 0.6) is 5.75 Å². The summed E-state index contributed by atoms with van der Waals surface area (Å²) in [6, 6.07) is 5.94. The fourth-order valence-electron chi connectivity index (χ4n) is 1.51. The summed E-state index contributed by atoms with van der Waals surface area (Å²) < 4.78 is 5.57. The van der Waals surface area contributed by atoms with Crippen molar-refractivity contribution in [3.05, 3.63) is 24.0 Å². The van der Waals surface area contributed by atoms with Crippen LogP contribution < -0.4 is 4.74 Å². The van der Waals surface area contributed by atoms with Crippen molar-refractivity contribution in [3.8, 4) is 5.75 Å². The molecule has 1 aromatic heterocycles.